The summed E-state index contributed by atoms with van der Waals surface area (Å²) in [4.78, 5) is 16.6. The summed E-state index contributed by atoms with van der Waals surface area (Å²) in [6.45, 7) is 3.87. The number of ether oxygens (including phenoxy) is 2. The van der Waals surface area contributed by atoms with Crippen molar-refractivity contribution in [3.63, 3.8) is 0 Å². The van der Waals surface area contributed by atoms with Gasteiger partial charge in [-0.3, -0.25) is 4.79 Å². The number of allylic oxidation sites excluding steroid dienone is 2. The highest BCUT2D eigenvalue weighted by Crippen LogP contribution is 2.38. The lowest BCUT2D eigenvalue weighted by molar-refractivity contribution is -0.114. The molecule has 0 radical (unpaired) electrons. The second-order valence-electron chi connectivity index (χ2n) is 6.84. The number of hydrogen-bond acceptors (Lipinski definition) is 6. The van der Waals surface area contributed by atoms with Crippen molar-refractivity contribution in [3.05, 3.63) is 77.3 Å². The second-order valence-corrected chi connectivity index (χ2v) is 6.84. The monoisotopic (exact) mass is 390 g/mol. The number of Topliss-reactive ketones (excluding diaryl/α,β-unsaturated/α-hetero) is 1. The maximum absolute atomic E-state index is 12.4. The molecule has 1 atom stereocenters. The predicted molar refractivity (Wildman–Crippen MR) is 109 cm³/mol. The minimum Gasteiger partial charge on any atom is -0.493 e. The fourth-order valence-corrected chi connectivity index (χ4v) is 3.56. The summed E-state index contributed by atoms with van der Waals surface area (Å²) in [6, 6.07) is 15.2. The van der Waals surface area contributed by atoms with Crippen molar-refractivity contribution in [1.29, 1.82) is 0 Å². The molecule has 1 aliphatic heterocycles. The lowest BCUT2D eigenvalue weighted by Gasteiger charge is -2.28. The van der Waals surface area contributed by atoms with E-state index in [-0.39, 0.29) is 11.8 Å². The molecule has 7 heteroatoms. The smallest absolute Gasteiger partial charge is 0.226 e. The number of nitrogens with one attached hydrogen (secondary N) is 1. The normalized spacial score (nSPS) is 15.5. The molecule has 1 aliphatic rings. The molecule has 4 rings (SSSR count). The molecule has 1 aromatic heterocycles. The van der Waals surface area contributed by atoms with Crippen molar-refractivity contribution >= 4 is 11.7 Å². The lowest BCUT2D eigenvalue weighted by Crippen LogP contribution is -2.27. The Morgan fingerprint density at radius 2 is 1.97 bits per heavy atom. The first kappa shape index (κ1) is 18.7. The van der Waals surface area contributed by atoms with Gasteiger partial charge in [-0.2, -0.15) is 10.1 Å². The zero-order chi connectivity index (χ0) is 20.4. The summed E-state index contributed by atoms with van der Waals surface area (Å²) in [6.07, 6.45) is 1.47. The van der Waals surface area contributed by atoms with Gasteiger partial charge in [0.15, 0.2) is 17.3 Å². The molecule has 0 spiro atoms. The standard InChI is InChI=1S/C22H22N4O3/c1-14-20(15(2)27)21(26-22(25-14)23-13-24-26)17-9-10-18(19(11-17)28-3)29-12-16-7-5-4-6-8-16/h4-11,13,21H,12H2,1-3H3,(H,23,24,25). The second kappa shape index (κ2) is 7.79. The van der Waals surface area contributed by atoms with Crippen LogP contribution in [-0.2, 0) is 11.4 Å². The van der Waals surface area contributed by atoms with Gasteiger partial charge >= 0.3 is 0 Å². The zero-order valence-corrected chi connectivity index (χ0v) is 16.5. The number of hydrogen-bond donors (Lipinski definition) is 1. The van der Waals surface area contributed by atoms with E-state index in [2.05, 4.69) is 15.4 Å². The van der Waals surface area contributed by atoms with Gasteiger partial charge in [0.25, 0.3) is 0 Å². The average molecular weight is 390 g/mol. The summed E-state index contributed by atoms with van der Waals surface area (Å²) < 4.78 is 13.2. The molecule has 1 N–H and O–H groups in total. The number of rotatable bonds is 6. The van der Waals surface area contributed by atoms with Crippen molar-refractivity contribution in [3.8, 4) is 11.5 Å². The van der Waals surface area contributed by atoms with Crippen LogP contribution in [0.25, 0.3) is 0 Å². The highest BCUT2D eigenvalue weighted by atomic mass is 16.5. The van der Waals surface area contributed by atoms with Crippen LogP contribution in [0.15, 0.2) is 66.1 Å². The first-order chi connectivity index (χ1) is 14.1. The number of carbonyl (C=O) groups is 1. The number of anilines is 1. The summed E-state index contributed by atoms with van der Waals surface area (Å²) in [5.41, 5.74) is 3.35. The van der Waals surface area contributed by atoms with Crippen LogP contribution in [0.2, 0.25) is 0 Å². The van der Waals surface area contributed by atoms with E-state index in [4.69, 9.17) is 9.47 Å². The number of benzene rings is 2. The number of aromatic nitrogens is 3. The highest BCUT2D eigenvalue weighted by Gasteiger charge is 2.32. The van der Waals surface area contributed by atoms with Crippen molar-refractivity contribution < 1.29 is 14.3 Å². The van der Waals surface area contributed by atoms with Crippen LogP contribution in [0.4, 0.5) is 5.95 Å². The van der Waals surface area contributed by atoms with Crippen molar-refractivity contribution in [2.75, 3.05) is 12.4 Å². The van der Waals surface area contributed by atoms with Gasteiger partial charge in [-0.1, -0.05) is 36.4 Å². The molecule has 0 saturated heterocycles. The van der Waals surface area contributed by atoms with Crippen molar-refractivity contribution in [2.45, 2.75) is 26.5 Å². The van der Waals surface area contributed by atoms with Crippen LogP contribution >= 0.6 is 0 Å². The van der Waals surface area contributed by atoms with Gasteiger partial charge in [-0.25, -0.2) is 4.68 Å². The quantitative estimate of drug-likeness (QED) is 0.691. The van der Waals surface area contributed by atoms with E-state index in [0.717, 1.165) is 16.8 Å². The van der Waals surface area contributed by atoms with Crippen molar-refractivity contribution in [2.24, 2.45) is 0 Å². The van der Waals surface area contributed by atoms with E-state index in [1.54, 1.807) is 18.7 Å². The number of methoxy groups -OCH3 is 1. The number of ketones is 1. The Kier molecular flexibility index (Phi) is 5.03. The van der Waals surface area contributed by atoms with E-state index < -0.39 is 0 Å². The molecule has 29 heavy (non-hydrogen) atoms. The van der Waals surface area contributed by atoms with E-state index in [1.165, 1.54) is 6.33 Å². The molecular weight excluding hydrogens is 368 g/mol. The number of carbonyl (C=O) groups excluding carboxylic acids is 1. The van der Waals surface area contributed by atoms with E-state index in [0.29, 0.717) is 29.6 Å². The van der Waals surface area contributed by atoms with Crippen molar-refractivity contribution in [1.82, 2.24) is 14.8 Å². The minimum atomic E-state index is -0.386. The number of nitrogens with zero attached hydrogens (tertiary/aromatic N) is 3. The van der Waals surface area contributed by atoms with Gasteiger partial charge in [-0.05, 0) is 37.1 Å². The summed E-state index contributed by atoms with van der Waals surface area (Å²) >= 11 is 0. The van der Waals surface area contributed by atoms with Gasteiger partial charge in [0.05, 0.1) is 7.11 Å². The molecule has 148 valence electrons. The molecule has 0 bridgehead atoms. The topological polar surface area (TPSA) is 78.3 Å². The molecule has 1 unspecified atom stereocenters. The maximum Gasteiger partial charge on any atom is 0.226 e. The molecule has 2 aromatic carbocycles. The van der Waals surface area contributed by atoms with Gasteiger partial charge in [0.1, 0.15) is 19.0 Å². The molecule has 0 fully saturated rings. The average Bonchev–Trinajstić information content (AvgIpc) is 3.19. The van der Waals surface area contributed by atoms with Crippen LogP contribution < -0.4 is 14.8 Å². The third-order valence-corrected chi connectivity index (χ3v) is 4.91. The van der Waals surface area contributed by atoms with Crippen LogP contribution in [-0.4, -0.2) is 27.7 Å². The maximum atomic E-state index is 12.4. The molecule has 3 aromatic rings. The molecule has 0 saturated carbocycles. The molecule has 2 heterocycles. The van der Waals surface area contributed by atoms with E-state index in [1.807, 2.05) is 55.5 Å². The Balaban J connectivity index is 1.69. The Morgan fingerprint density at radius 3 is 2.69 bits per heavy atom. The first-order valence-electron chi connectivity index (χ1n) is 9.31. The molecule has 0 amide bonds. The summed E-state index contributed by atoms with van der Waals surface area (Å²) in [7, 11) is 1.60. The van der Waals surface area contributed by atoms with Crippen LogP contribution in [0.1, 0.15) is 31.0 Å². The Labute approximate surface area is 169 Å². The number of fused-ring (bicyclic) bond motifs is 1. The van der Waals surface area contributed by atoms with E-state index in [9.17, 15) is 4.79 Å². The molecular formula is C22H22N4O3. The van der Waals surface area contributed by atoms with Crippen LogP contribution in [0.5, 0.6) is 11.5 Å². The highest BCUT2D eigenvalue weighted by molar-refractivity contribution is 5.96. The van der Waals surface area contributed by atoms with Gasteiger partial charge < -0.3 is 14.8 Å². The van der Waals surface area contributed by atoms with E-state index >= 15 is 0 Å². The van der Waals surface area contributed by atoms with Gasteiger partial charge in [0.2, 0.25) is 5.95 Å². The van der Waals surface area contributed by atoms with Gasteiger partial charge in [0, 0.05) is 11.3 Å². The first-order valence-corrected chi connectivity index (χ1v) is 9.31. The summed E-state index contributed by atoms with van der Waals surface area (Å²) in [5, 5.41) is 7.46. The molecule has 0 aliphatic carbocycles. The predicted octanol–water partition coefficient (Wildman–Crippen LogP) is 3.74. The Morgan fingerprint density at radius 1 is 1.17 bits per heavy atom. The van der Waals surface area contributed by atoms with Gasteiger partial charge in [-0.15, -0.1) is 0 Å². The third kappa shape index (κ3) is 3.59. The SMILES string of the molecule is COc1cc(C2C(C(C)=O)=C(C)Nc3ncnn32)ccc1OCc1ccccc1. The zero-order valence-electron chi connectivity index (χ0n) is 16.5. The Bertz CT molecular complexity index is 1070. The van der Waals surface area contributed by atoms with Crippen LogP contribution in [0.3, 0.4) is 0 Å². The minimum absolute atomic E-state index is 0.0236. The molecule has 7 nitrogen and oxygen atoms in total. The Hall–Kier alpha value is -3.61. The lowest BCUT2D eigenvalue weighted by atomic mass is 9.93. The third-order valence-electron chi connectivity index (χ3n) is 4.91. The fraction of sp³-hybridized carbons (Fsp3) is 0.227. The summed E-state index contributed by atoms with van der Waals surface area (Å²) in [5.74, 6) is 1.81. The van der Waals surface area contributed by atoms with Crippen LogP contribution in [0, 0.1) is 0 Å². The fourth-order valence-electron chi connectivity index (χ4n) is 3.56. The largest absolute Gasteiger partial charge is 0.493 e.